The minimum atomic E-state index is -4.71. The van der Waals surface area contributed by atoms with Crippen molar-refractivity contribution in [2.24, 2.45) is 13.0 Å². The number of nitrogens with zero attached hydrogens (tertiary/aromatic N) is 6. The summed E-state index contributed by atoms with van der Waals surface area (Å²) in [4.78, 5) is 20.0. The lowest BCUT2D eigenvalue weighted by Crippen LogP contribution is -2.43. The molecule has 1 saturated carbocycles. The normalized spacial score (nSPS) is 23.8. The largest absolute Gasteiger partial charge is 0.488 e. The lowest BCUT2D eigenvalue weighted by atomic mass is 9.58. The van der Waals surface area contributed by atoms with Gasteiger partial charge in [-0.05, 0) is 68.5 Å². The smallest absolute Gasteiger partial charge is 0.420 e. The van der Waals surface area contributed by atoms with Crippen molar-refractivity contribution in [1.29, 1.82) is 0 Å². The number of fused-ring (bicyclic) bond motifs is 1. The van der Waals surface area contributed by atoms with Crippen LogP contribution in [0.4, 0.5) is 13.2 Å². The van der Waals surface area contributed by atoms with E-state index in [0.29, 0.717) is 18.0 Å². The maximum absolute atomic E-state index is 14.1. The molecule has 3 aromatic heterocycles. The molecular weight excluding hydrogens is 521 g/mol. The third kappa shape index (κ3) is 4.55. The fourth-order valence-electron chi connectivity index (χ4n) is 6.42. The van der Waals surface area contributed by atoms with Crippen molar-refractivity contribution < 1.29 is 17.9 Å². The maximum Gasteiger partial charge on any atom is 0.420 e. The van der Waals surface area contributed by atoms with Gasteiger partial charge in [-0.1, -0.05) is 25.1 Å². The van der Waals surface area contributed by atoms with Gasteiger partial charge in [0.2, 0.25) is 0 Å². The number of pyridine rings is 1. The van der Waals surface area contributed by atoms with Gasteiger partial charge in [-0.25, -0.2) is 4.98 Å². The third-order valence-corrected chi connectivity index (χ3v) is 8.23. The molecule has 6 rings (SSSR count). The van der Waals surface area contributed by atoms with Crippen molar-refractivity contribution in [2.45, 2.75) is 50.3 Å². The van der Waals surface area contributed by atoms with Crippen LogP contribution in [0.25, 0.3) is 16.8 Å². The first-order chi connectivity index (χ1) is 19.0. The Kier molecular flexibility index (Phi) is 6.44. The molecule has 11 heteroatoms. The molecule has 8 nitrogen and oxygen atoms in total. The quantitative estimate of drug-likeness (QED) is 0.357. The summed E-state index contributed by atoms with van der Waals surface area (Å²) in [5.41, 5.74) is -0.614. The molecule has 4 heterocycles. The second kappa shape index (κ2) is 9.72. The monoisotopic (exact) mass is 552 g/mol. The zero-order chi connectivity index (χ0) is 28.2. The first kappa shape index (κ1) is 26.5. The number of hydrogen-bond donors (Lipinski definition) is 0. The van der Waals surface area contributed by atoms with Crippen LogP contribution in [0.15, 0.2) is 53.8 Å². The van der Waals surface area contributed by atoms with Crippen molar-refractivity contribution in [2.75, 3.05) is 20.1 Å². The number of alkyl halides is 3. The molecule has 1 aliphatic carbocycles. The van der Waals surface area contributed by atoms with Crippen LogP contribution in [0, 0.1) is 5.92 Å². The lowest BCUT2D eigenvalue weighted by Gasteiger charge is -2.46. The van der Waals surface area contributed by atoms with Crippen molar-refractivity contribution in [3.8, 4) is 16.9 Å². The fraction of sp³-hybridized carbons (Fsp3) is 0.448. The predicted molar refractivity (Wildman–Crippen MR) is 143 cm³/mol. The summed E-state index contributed by atoms with van der Waals surface area (Å²) in [5, 5.41) is 8.46. The van der Waals surface area contributed by atoms with Crippen LogP contribution in [0.1, 0.15) is 49.6 Å². The number of piperidine rings is 1. The molecule has 1 saturated heterocycles. The topological polar surface area (TPSA) is 77.6 Å². The van der Waals surface area contributed by atoms with E-state index < -0.39 is 22.9 Å². The van der Waals surface area contributed by atoms with Crippen molar-refractivity contribution in [1.82, 2.24) is 29.0 Å². The molecule has 1 aliphatic heterocycles. The number of aryl methyl sites for hydroxylation is 1. The van der Waals surface area contributed by atoms with Gasteiger partial charge in [0.25, 0.3) is 5.56 Å². The summed E-state index contributed by atoms with van der Waals surface area (Å²) in [7, 11) is 3.86. The molecular formula is C29H31F3N6O2. The van der Waals surface area contributed by atoms with Gasteiger partial charge in [0.05, 0.1) is 17.2 Å². The SMILES string of the molecule is CC1CC(c2cccc(-c3cnc4c(C(F)(F)F)cc(OC5CCCN(C)C5)cn4c3=O)c2)(c2nncn2C)C1. The minimum Gasteiger partial charge on any atom is -0.488 e. The summed E-state index contributed by atoms with van der Waals surface area (Å²) in [6, 6.07) is 8.52. The van der Waals surface area contributed by atoms with E-state index >= 15 is 0 Å². The van der Waals surface area contributed by atoms with Crippen LogP contribution < -0.4 is 10.3 Å². The number of likely N-dealkylation sites (N-methyl/N-ethyl adjacent to an activating group) is 1. The Morgan fingerprint density at radius 2 is 1.95 bits per heavy atom. The van der Waals surface area contributed by atoms with Crippen molar-refractivity contribution >= 4 is 5.65 Å². The van der Waals surface area contributed by atoms with Gasteiger partial charge in [0.15, 0.2) is 5.65 Å². The maximum atomic E-state index is 14.1. The van der Waals surface area contributed by atoms with E-state index in [1.165, 1.54) is 12.4 Å². The molecule has 0 spiro atoms. The molecule has 1 atom stereocenters. The Morgan fingerprint density at radius 1 is 1.15 bits per heavy atom. The Bertz CT molecular complexity index is 1620. The molecule has 1 aromatic carbocycles. The van der Waals surface area contributed by atoms with E-state index in [1.807, 2.05) is 36.9 Å². The van der Waals surface area contributed by atoms with Gasteiger partial charge >= 0.3 is 6.18 Å². The summed E-state index contributed by atoms with van der Waals surface area (Å²) in [5.74, 6) is 1.34. The molecule has 0 bridgehead atoms. The molecule has 210 valence electrons. The van der Waals surface area contributed by atoms with Gasteiger partial charge in [-0.3, -0.25) is 9.20 Å². The zero-order valence-electron chi connectivity index (χ0n) is 22.6. The number of likely N-dealkylation sites (tertiary alicyclic amines) is 1. The number of rotatable bonds is 5. The number of halogens is 3. The molecule has 0 amide bonds. The molecule has 4 aromatic rings. The van der Waals surface area contributed by atoms with Crippen LogP contribution in [0.5, 0.6) is 5.75 Å². The fourth-order valence-corrected chi connectivity index (χ4v) is 6.42. The highest BCUT2D eigenvalue weighted by atomic mass is 19.4. The van der Waals surface area contributed by atoms with Gasteiger partial charge < -0.3 is 14.2 Å². The van der Waals surface area contributed by atoms with Crippen LogP contribution in [0.3, 0.4) is 0 Å². The van der Waals surface area contributed by atoms with E-state index in [2.05, 4.69) is 27.0 Å². The van der Waals surface area contributed by atoms with Gasteiger partial charge in [-0.15, -0.1) is 10.2 Å². The number of hydrogen-bond acceptors (Lipinski definition) is 6. The summed E-state index contributed by atoms with van der Waals surface area (Å²) in [6.45, 7) is 3.70. The highest BCUT2D eigenvalue weighted by Crippen LogP contribution is 2.51. The first-order valence-corrected chi connectivity index (χ1v) is 13.5. The second-order valence-electron chi connectivity index (χ2n) is 11.3. The Hall–Kier alpha value is -3.73. The van der Waals surface area contributed by atoms with E-state index in [1.54, 1.807) is 12.4 Å². The summed E-state index contributed by atoms with van der Waals surface area (Å²) in [6.07, 6.45) is 2.64. The summed E-state index contributed by atoms with van der Waals surface area (Å²) >= 11 is 0. The molecule has 2 aliphatic rings. The lowest BCUT2D eigenvalue weighted by molar-refractivity contribution is -0.136. The Labute approximate surface area is 229 Å². The highest BCUT2D eigenvalue weighted by Gasteiger charge is 2.48. The zero-order valence-corrected chi connectivity index (χ0v) is 22.6. The third-order valence-electron chi connectivity index (χ3n) is 8.23. The van der Waals surface area contributed by atoms with Crippen molar-refractivity contribution in [3.05, 3.63) is 76.4 Å². The molecule has 1 unspecified atom stereocenters. The highest BCUT2D eigenvalue weighted by molar-refractivity contribution is 5.66. The second-order valence-corrected chi connectivity index (χ2v) is 11.3. The number of benzene rings is 1. The van der Waals surface area contributed by atoms with Crippen LogP contribution in [-0.4, -0.2) is 55.3 Å². The molecule has 0 N–H and O–H groups in total. The minimum absolute atomic E-state index is 0.000355. The van der Waals surface area contributed by atoms with E-state index in [9.17, 15) is 18.0 Å². The van der Waals surface area contributed by atoms with Crippen molar-refractivity contribution in [3.63, 3.8) is 0 Å². The van der Waals surface area contributed by atoms with E-state index in [4.69, 9.17) is 4.74 Å². The number of ether oxygens (including phenoxy) is 1. The van der Waals surface area contributed by atoms with Gasteiger partial charge in [0.1, 0.15) is 29.6 Å². The standard InChI is InChI=1S/C29H31F3N6O2/c1-18-12-28(13-18,27-35-34-17-37(27)3)20-7-4-6-19(10-20)23-14-33-25-24(29(30,31)32)11-22(16-38(25)26(23)39)40-21-8-5-9-36(2)15-21/h4,6-7,10-11,14,16-18,21H,5,8-9,12-13,15H2,1-3H3. The molecule has 2 fully saturated rings. The summed E-state index contributed by atoms with van der Waals surface area (Å²) < 4.78 is 51.1. The Morgan fingerprint density at radius 3 is 2.62 bits per heavy atom. The number of aromatic nitrogens is 5. The molecule has 40 heavy (non-hydrogen) atoms. The average Bonchev–Trinajstić information content (AvgIpc) is 3.32. The average molecular weight is 553 g/mol. The van der Waals surface area contributed by atoms with Gasteiger partial charge in [-0.2, -0.15) is 13.2 Å². The van der Waals surface area contributed by atoms with Crippen LogP contribution >= 0.6 is 0 Å². The van der Waals surface area contributed by atoms with E-state index in [-0.39, 0.29) is 22.8 Å². The van der Waals surface area contributed by atoms with Crippen LogP contribution in [0.2, 0.25) is 0 Å². The van der Waals surface area contributed by atoms with Gasteiger partial charge in [0, 0.05) is 19.8 Å². The predicted octanol–water partition coefficient (Wildman–Crippen LogP) is 4.70. The van der Waals surface area contributed by atoms with E-state index in [0.717, 1.165) is 54.1 Å². The first-order valence-electron chi connectivity index (χ1n) is 13.5. The Balaban J connectivity index is 1.45. The van der Waals surface area contributed by atoms with Crippen LogP contribution in [-0.2, 0) is 18.6 Å². The molecule has 0 radical (unpaired) electrons.